The molecule has 16 nitrogen and oxygen atoms in total. The smallest absolute Gasteiger partial charge is 0.329 e. The summed E-state index contributed by atoms with van der Waals surface area (Å²) in [5.41, 5.74) is 2.54. The summed E-state index contributed by atoms with van der Waals surface area (Å²) < 4.78 is 54.9. The van der Waals surface area contributed by atoms with Crippen LogP contribution in [0.2, 0.25) is 0 Å². The molecule has 0 aliphatic carbocycles. The van der Waals surface area contributed by atoms with E-state index in [1.54, 1.807) is 12.1 Å². The molecule has 0 radical (unpaired) electrons. The number of amides is 1. The van der Waals surface area contributed by atoms with E-state index >= 15 is 0 Å². The molecule has 0 unspecified atom stereocenters. The van der Waals surface area contributed by atoms with E-state index in [2.05, 4.69) is 27.2 Å². The standard InChI is InChI=1S/C39H51N3O13S/c43-33(6-4-20-51-23-26-54-29-38(46)47)28-53-25-24-52-22-19-40-39(48)32-12-17-36(41-27-32)42-56(49,50)35-15-13-34(14-16-35)55-21-18-31-10-8-30(9-11-31)5-2-1-3-7-37(44)45/h8-17,27H,1-7,18-26,28-29H2,(H,40,48)(H,41,42)(H,44,45)(H,46,47). The number of unbranched alkanes of at least 4 members (excludes halogenated alkanes) is 2. The maximum atomic E-state index is 12.9. The predicted octanol–water partition coefficient (Wildman–Crippen LogP) is 3.92. The third kappa shape index (κ3) is 19.6. The summed E-state index contributed by atoms with van der Waals surface area (Å²) in [6.45, 7) is 1.60. The van der Waals surface area contributed by atoms with Gasteiger partial charge in [-0.2, -0.15) is 0 Å². The van der Waals surface area contributed by atoms with E-state index in [1.807, 2.05) is 12.1 Å². The fraction of sp³-hybridized carbons (Fsp3) is 0.462. The number of benzene rings is 2. The number of carboxylic acid groups (broad SMARTS) is 2. The second kappa shape index (κ2) is 26.0. The Morgan fingerprint density at radius 2 is 1.29 bits per heavy atom. The average molecular weight is 802 g/mol. The van der Waals surface area contributed by atoms with Gasteiger partial charge in [0.2, 0.25) is 0 Å². The number of nitrogens with zero attached hydrogens (tertiary/aromatic N) is 1. The van der Waals surface area contributed by atoms with E-state index in [0.717, 1.165) is 24.8 Å². The van der Waals surface area contributed by atoms with Crippen molar-refractivity contribution >= 4 is 39.5 Å². The number of ketones is 1. The van der Waals surface area contributed by atoms with Crippen molar-refractivity contribution in [2.75, 3.05) is 70.7 Å². The Balaban J connectivity index is 1.25. The Morgan fingerprint density at radius 1 is 0.625 bits per heavy atom. The molecule has 0 spiro atoms. The lowest BCUT2D eigenvalue weighted by Crippen LogP contribution is -2.28. The highest BCUT2D eigenvalue weighted by Gasteiger charge is 2.16. The van der Waals surface area contributed by atoms with Crippen molar-refractivity contribution in [1.29, 1.82) is 0 Å². The first-order valence-electron chi connectivity index (χ1n) is 18.4. The number of pyridine rings is 1. The molecule has 1 amide bonds. The third-order valence-corrected chi connectivity index (χ3v) is 9.32. The summed E-state index contributed by atoms with van der Waals surface area (Å²) in [6, 6.07) is 17.1. The maximum Gasteiger partial charge on any atom is 0.329 e. The minimum absolute atomic E-state index is 0.0186. The first-order valence-corrected chi connectivity index (χ1v) is 19.8. The second-order valence-corrected chi connectivity index (χ2v) is 14.2. The molecule has 4 N–H and O–H groups in total. The van der Waals surface area contributed by atoms with Crippen LogP contribution >= 0.6 is 0 Å². The zero-order valence-electron chi connectivity index (χ0n) is 31.3. The molecule has 306 valence electrons. The van der Waals surface area contributed by atoms with Gasteiger partial charge in [-0.05, 0) is 73.2 Å². The quantitative estimate of drug-likeness (QED) is 0.0677. The highest BCUT2D eigenvalue weighted by molar-refractivity contribution is 7.92. The number of hydrogen-bond acceptors (Lipinski definition) is 12. The SMILES string of the molecule is O=C(O)CCCCCc1ccc(CCOc2ccc(S(=O)(=O)Nc3ccc(C(=O)NCCOCCOCC(=O)CCCOCCOCC(=O)O)cn3)cc2)cc1. The van der Waals surface area contributed by atoms with Gasteiger partial charge in [0.1, 0.15) is 24.8 Å². The Bertz CT molecular complexity index is 1740. The number of rotatable bonds is 31. The minimum Gasteiger partial charge on any atom is -0.493 e. The number of carboxylic acids is 2. The van der Waals surface area contributed by atoms with E-state index < -0.39 is 27.9 Å². The largest absolute Gasteiger partial charge is 0.493 e. The molecule has 0 saturated heterocycles. The molecule has 0 fully saturated rings. The Labute approximate surface area is 326 Å². The maximum absolute atomic E-state index is 12.9. The van der Waals surface area contributed by atoms with Crippen molar-refractivity contribution < 1.29 is 61.5 Å². The van der Waals surface area contributed by atoms with E-state index in [9.17, 15) is 27.6 Å². The molecule has 0 atom stereocenters. The summed E-state index contributed by atoms with van der Waals surface area (Å²) >= 11 is 0. The topological polar surface area (TPSA) is 226 Å². The number of carbonyl (C=O) groups is 4. The van der Waals surface area contributed by atoms with Crippen LogP contribution in [0.5, 0.6) is 5.75 Å². The molecule has 0 bridgehead atoms. The van der Waals surface area contributed by atoms with Crippen molar-refractivity contribution in [1.82, 2.24) is 10.3 Å². The minimum atomic E-state index is -3.95. The van der Waals surface area contributed by atoms with Gasteiger partial charge in [0.15, 0.2) is 5.78 Å². The van der Waals surface area contributed by atoms with Gasteiger partial charge < -0.3 is 39.2 Å². The number of aromatic nitrogens is 1. The molecule has 17 heteroatoms. The van der Waals surface area contributed by atoms with Gasteiger partial charge in [-0.25, -0.2) is 18.2 Å². The number of sulfonamides is 1. The second-order valence-electron chi connectivity index (χ2n) is 12.5. The molecular formula is C39H51N3O13S. The zero-order chi connectivity index (χ0) is 40.4. The summed E-state index contributed by atoms with van der Waals surface area (Å²) in [4.78, 5) is 49.4. The van der Waals surface area contributed by atoms with Crippen LogP contribution in [0.4, 0.5) is 5.82 Å². The number of carbonyl (C=O) groups excluding carboxylic acids is 2. The van der Waals surface area contributed by atoms with E-state index in [4.69, 9.17) is 33.9 Å². The predicted molar refractivity (Wildman–Crippen MR) is 204 cm³/mol. The van der Waals surface area contributed by atoms with Gasteiger partial charge >= 0.3 is 11.9 Å². The van der Waals surface area contributed by atoms with Gasteiger partial charge in [0, 0.05) is 38.6 Å². The van der Waals surface area contributed by atoms with Crippen molar-refractivity contribution in [3.63, 3.8) is 0 Å². The molecule has 0 aliphatic heterocycles. The number of aryl methyl sites for hydroxylation is 1. The summed E-state index contributed by atoms with van der Waals surface area (Å²) in [7, 11) is -3.95. The highest BCUT2D eigenvalue weighted by Crippen LogP contribution is 2.19. The Hall–Kier alpha value is -4.94. The fourth-order valence-corrected chi connectivity index (χ4v) is 6.02. The van der Waals surface area contributed by atoms with E-state index in [-0.39, 0.29) is 87.7 Å². The molecule has 56 heavy (non-hydrogen) atoms. The number of Topliss-reactive ketones (excluding diaryl/α,β-unsaturated/α-hetero) is 1. The summed E-state index contributed by atoms with van der Waals surface area (Å²) in [5.74, 6) is -1.73. The number of nitrogens with one attached hydrogen (secondary N) is 2. The van der Waals surface area contributed by atoms with Gasteiger partial charge in [0.05, 0.1) is 50.1 Å². The highest BCUT2D eigenvalue weighted by atomic mass is 32.2. The van der Waals surface area contributed by atoms with Gasteiger partial charge in [-0.15, -0.1) is 0 Å². The number of hydrogen-bond donors (Lipinski definition) is 4. The Kier molecular flexibility index (Phi) is 21.1. The van der Waals surface area contributed by atoms with Crippen molar-refractivity contribution in [2.24, 2.45) is 0 Å². The van der Waals surface area contributed by atoms with Crippen LogP contribution < -0.4 is 14.8 Å². The lowest BCUT2D eigenvalue weighted by atomic mass is 10.0. The van der Waals surface area contributed by atoms with Crippen LogP contribution in [-0.2, 0) is 56.2 Å². The zero-order valence-corrected chi connectivity index (χ0v) is 32.1. The number of anilines is 1. The molecule has 3 rings (SSSR count). The van der Waals surface area contributed by atoms with Gasteiger partial charge in [-0.3, -0.25) is 19.1 Å². The number of ether oxygens (including phenoxy) is 5. The third-order valence-electron chi connectivity index (χ3n) is 7.95. The van der Waals surface area contributed by atoms with Crippen molar-refractivity contribution in [3.8, 4) is 5.75 Å². The number of aliphatic carboxylic acids is 2. The molecule has 1 aromatic heterocycles. The molecule has 0 aliphatic rings. The van der Waals surface area contributed by atoms with Gasteiger partial charge in [-0.1, -0.05) is 30.7 Å². The molecule has 0 saturated carbocycles. The lowest BCUT2D eigenvalue weighted by Gasteiger charge is -2.10. The van der Waals surface area contributed by atoms with E-state index in [0.29, 0.717) is 38.2 Å². The molecule has 3 aromatic rings. The fourth-order valence-electron chi connectivity index (χ4n) is 5.01. The van der Waals surface area contributed by atoms with Crippen LogP contribution in [0.15, 0.2) is 71.8 Å². The Morgan fingerprint density at radius 3 is 1.95 bits per heavy atom. The van der Waals surface area contributed by atoms with E-state index in [1.165, 1.54) is 36.0 Å². The molecule has 2 aromatic carbocycles. The summed E-state index contributed by atoms with van der Waals surface area (Å²) in [6.07, 6.45) is 6.37. The summed E-state index contributed by atoms with van der Waals surface area (Å²) in [5, 5.41) is 19.9. The molecule has 1 heterocycles. The van der Waals surface area contributed by atoms with Crippen molar-refractivity contribution in [3.05, 3.63) is 83.6 Å². The first kappa shape index (κ1) is 45.4. The first-order chi connectivity index (χ1) is 27.0. The van der Waals surface area contributed by atoms with Crippen LogP contribution in [0.3, 0.4) is 0 Å². The average Bonchev–Trinajstić information content (AvgIpc) is 3.17. The van der Waals surface area contributed by atoms with Crippen LogP contribution in [0.1, 0.15) is 60.0 Å². The normalized spacial score (nSPS) is 11.2. The molecular weight excluding hydrogens is 751 g/mol. The monoisotopic (exact) mass is 801 g/mol. The van der Waals surface area contributed by atoms with Crippen LogP contribution in [0.25, 0.3) is 0 Å². The lowest BCUT2D eigenvalue weighted by molar-refractivity contribution is -0.143. The van der Waals surface area contributed by atoms with Crippen molar-refractivity contribution in [2.45, 2.75) is 56.3 Å². The van der Waals surface area contributed by atoms with Crippen LogP contribution in [0, 0.1) is 0 Å². The van der Waals surface area contributed by atoms with Crippen LogP contribution in [-0.4, -0.2) is 113 Å². The van der Waals surface area contributed by atoms with Gasteiger partial charge in [0.25, 0.3) is 15.9 Å².